The first-order valence-corrected chi connectivity index (χ1v) is 11.0. The largest absolute Gasteiger partial charge is 0.493 e. The Labute approximate surface area is 201 Å². The second-order valence-electron chi connectivity index (χ2n) is 8.75. The van der Waals surface area contributed by atoms with E-state index in [2.05, 4.69) is 10.6 Å². The van der Waals surface area contributed by atoms with Gasteiger partial charge in [0.25, 0.3) is 5.91 Å². The molecule has 0 saturated heterocycles. The molecule has 0 spiro atoms. The smallest absolute Gasteiger partial charge is 0.416 e. The fourth-order valence-electron chi connectivity index (χ4n) is 4.23. The number of alkyl halides is 6. The zero-order chi connectivity index (χ0) is 26.4. The molecule has 1 aliphatic carbocycles. The van der Waals surface area contributed by atoms with E-state index < -0.39 is 52.8 Å². The van der Waals surface area contributed by atoms with Gasteiger partial charge in [-0.05, 0) is 60.2 Å². The summed E-state index contributed by atoms with van der Waals surface area (Å²) in [5.74, 6) is -2.20. The number of nitrogens with one attached hydrogen (secondary N) is 2. The summed E-state index contributed by atoms with van der Waals surface area (Å²) in [4.78, 5) is 26.3. The van der Waals surface area contributed by atoms with E-state index in [1.54, 1.807) is 0 Å². The quantitative estimate of drug-likeness (QED) is 0.539. The lowest BCUT2D eigenvalue weighted by Crippen LogP contribution is -2.45. The van der Waals surface area contributed by atoms with Crippen molar-refractivity contribution >= 4 is 11.8 Å². The minimum absolute atomic E-state index is 0.00140. The molecule has 0 radical (unpaired) electrons. The van der Waals surface area contributed by atoms with Crippen LogP contribution in [0.15, 0.2) is 30.3 Å². The van der Waals surface area contributed by atoms with Crippen LogP contribution >= 0.6 is 0 Å². The van der Waals surface area contributed by atoms with Gasteiger partial charge in [0.15, 0.2) is 11.5 Å². The first-order valence-electron chi connectivity index (χ1n) is 11.0. The summed E-state index contributed by atoms with van der Waals surface area (Å²) in [5.41, 5.74) is -3.50. The van der Waals surface area contributed by atoms with Gasteiger partial charge in [-0.15, -0.1) is 0 Å². The van der Waals surface area contributed by atoms with Crippen LogP contribution in [0.4, 0.5) is 26.3 Å². The zero-order valence-corrected chi connectivity index (χ0v) is 19.1. The van der Waals surface area contributed by atoms with E-state index in [-0.39, 0.29) is 34.6 Å². The molecule has 1 aliphatic heterocycles. The molecule has 1 fully saturated rings. The van der Waals surface area contributed by atoms with E-state index in [1.807, 2.05) is 0 Å². The Hall–Kier alpha value is -3.44. The van der Waals surface area contributed by atoms with Crippen molar-refractivity contribution < 1.29 is 45.4 Å². The highest BCUT2D eigenvalue weighted by atomic mass is 19.4. The lowest BCUT2D eigenvalue weighted by molar-refractivity contribution is -0.143. The van der Waals surface area contributed by atoms with Gasteiger partial charge in [-0.1, -0.05) is 0 Å². The maximum Gasteiger partial charge on any atom is 0.416 e. The second-order valence-corrected chi connectivity index (χ2v) is 8.75. The standard InChI is InChI=1S/C24H22F6N2O4/c1-35-17-8-15-16(9-18(17)36-2)21(33)32-20(19(15)22(34)31-10-11-3-4-11)12-5-13(23(25,26)27)7-14(6-12)24(28,29)30/h5-9,11,19-20H,3-4,10H2,1-2H3,(H,31,34)(H,32,33). The number of ether oxygens (including phenoxy) is 2. The average Bonchev–Trinajstić information content (AvgIpc) is 3.64. The van der Waals surface area contributed by atoms with Crippen molar-refractivity contribution in [2.75, 3.05) is 20.8 Å². The lowest BCUT2D eigenvalue weighted by Gasteiger charge is -2.34. The Balaban J connectivity index is 1.89. The van der Waals surface area contributed by atoms with Crippen molar-refractivity contribution in [2.45, 2.75) is 37.2 Å². The van der Waals surface area contributed by atoms with Crippen LogP contribution in [0, 0.1) is 5.92 Å². The van der Waals surface area contributed by atoms with E-state index in [0.29, 0.717) is 18.7 Å². The van der Waals surface area contributed by atoms with E-state index in [1.165, 1.54) is 26.4 Å². The molecule has 12 heteroatoms. The summed E-state index contributed by atoms with van der Waals surface area (Å²) in [5, 5.41) is 5.16. The molecule has 2 N–H and O–H groups in total. The molecule has 2 amide bonds. The summed E-state index contributed by atoms with van der Waals surface area (Å²) in [6.45, 7) is 0.301. The van der Waals surface area contributed by atoms with Crippen molar-refractivity contribution in [3.63, 3.8) is 0 Å². The summed E-state index contributed by atoms with van der Waals surface area (Å²) in [6.07, 6.45) is -8.38. The molecule has 4 rings (SSSR count). The Kier molecular flexibility index (Phi) is 6.56. The van der Waals surface area contributed by atoms with E-state index in [4.69, 9.17) is 9.47 Å². The predicted octanol–water partition coefficient (Wildman–Crippen LogP) is 4.84. The van der Waals surface area contributed by atoms with Crippen molar-refractivity contribution in [1.82, 2.24) is 10.6 Å². The van der Waals surface area contributed by atoms with Crippen LogP contribution in [0.1, 0.15) is 57.4 Å². The van der Waals surface area contributed by atoms with E-state index in [9.17, 15) is 35.9 Å². The number of fused-ring (bicyclic) bond motifs is 1. The fraction of sp³-hybridized carbons (Fsp3) is 0.417. The SMILES string of the molecule is COc1cc2c(cc1OC)C(C(=O)NCC1CC1)C(c1cc(C(F)(F)F)cc(C(F)(F)F)c1)NC2=O. The lowest BCUT2D eigenvalue weighted by atomic mass is 9.79. The van der Waals surface area contributed by atoms with Gasteiger partial charge in [0.2, 0.25) is 5.91 Å². The highest BCUT2D eigenvalue weighted by Crippen LogP contribution is 2.45. The third-order valence-electron chi connectivity index (χ3n) is 6.27. The number of carbonyl (C=O) groups is 2. The van der Waals surface area contributed by atoms with Gasteiger partial charge < -0.3 is 20.1 Å². The topological polar surface area (TPSA) is 76.7 Å². The highest BCUT2D eigenvalue weighted by Gasteiger charge is 2.43. The first-order chi connectivity index (χ1) is 16.8. The maximum absolute atomic E-state index is 13.5. The molecule has 2 aromatic carbocycles. The molecule has 2 aromatic rings. The Morgan fingerprint density at radius 3 is 2.00 bits per heavy atom. The van der Waals surface area contributed by atoms with Crippen molar-refractivity contribution in [2.24, 2.45) is 5.92 Å². The minimum Gasteiger partial charge on any atom is -0.493 e. The summed E-state index contributed by atoms with van der Waals surface area (Å²) in [7, 11) is 2.64. The Morgan fingerprint density at radius 2 is 1.50 bits per heavy atom. The van der Waals surface area contributed by atoms with Crippen LogP contribution in [0.3, 0.4) is 0 Å². The van der Waals surface area contributed by atoms with E-state index >= 15 is 0 Å². The third kappa shape index (κ3) is 5.07. The highest BCUT2D eigenvalue weighted by molar-refractivity contribution is 6.02. The van der Waals surface area contributed by atoms with Crippen LogP contribution in [-0.4, -0.2) is 32.6 Å². The summed E-state index contributed by atoms with van der Waals surface area (Å²) >= 11 is 0. The van der Waals surface area contributed by atoms with E-state index in [0.717, 1.165) is 12.8 Å². The maximum atomic E-state index is 13.5. The monoisotopic (exact) mass is 516 g/mol. The summed E-state index contributed by atoms with van der Waals surface area (Å²) in [6, 6.07) is 2.19. The van der Waals surface area contributed by atoms with Gasteiger partial charge in [0.1, 0.15) is 0 Å². The van der Waals surface area contributed by atoms with Gasteiger partial charge >= 0.3 is 12.4 Å². The van der Waals surface area contributed by atoms with Crippen LogP contribution < -0.4 is 20.1 Å². The van der Waals surface area contributed by atoms with Crippen LogP contribution in [0.2, 0.25) is 0 Å². The number of benzene rings is 2. The molecule has 194 valence electrons. The molecule has 36 heavy (non-hydrogen) atoms. The number of halogens is 6. The van der Waals surface area contributed by atoms with Gasteiger partial charge in [0, 0.05) is 12.1 Å². The number of hydrogen-bond donors (Lipinski definition) is 2. The molecule has 2 unspecified atom stereocenters. The molecule has 1 saturated carbocycles. The van der Waals surface area contributed by atoms with Crippen molar-refractivity contribution in [1.29, 1.82) is 0 Å². The molecule has 6 nitrogen and oxygen atoms in total. The van der Waals surface area contributed by atoms with Gasteiger partial charge in [-0.2, -0.15) is 26.3 Å². The van der Waals surface area contributed by atoms with Crippen LogP contribution in [0.25, 0.3) is 0 Å². The van der Waals surface area contributed by atoms with Gasteiger partial charge in [-0.25, -0.2) is 0 Å². The second kappa shape index (κ2) is 9.21. The number of carbonyl (C=O) groups excluding carboxylic acids is 2. The van der Waals surface area contributed by atoms with Crippen molar-refractivity contribution in [3.05, 3.63) is 58.1 Å². The van der Waals surface area contributed by atoms with Gasteiger partial charge in [0.05, 0.1) is 37.3 Å². The first kappa shape index (κ1) is 25.6. The number of amides is 2. The minimum atomic E-state index is -5.09. The summed E-state index contributed by atoms with van der Waals surface area (Å²) < 4.78 is 91.5. The normalized spacial score (nSPS) is 19.8. The number of hydrogen-bond acceptors (Lipinski definition) is 4. The molecule has 1 heterocycles. The average molecular weight is 516 g/mol. The zero-order valence-electron chi connectivity index (χ0n) is 19.1. The number of methoxy groups -OCH3 is 2. The van der Waals surface area contributed by atoms with Gasteiger partial charge in [-0.3, -0.25) is 9.59 Å². The predicted molar refractivity (Wildman–Crippen MR) is 115 cm³/mol. The Morgan fingerprint density at radius 1 is 0.944 bits per heavy atom. The Bertz CT molecular complexity index is 1160. The molecule has 0 aromatic heterocycles. The number of rotatable bonds is 6. The fourth-order valence-corrected chi connectivity index (χ4v) is 4.23. The molecule has 0 bridgehead atoms. The molecule has 2 aliphatic rings. The molecular weight excluding hydrogens is 494 g/mol. The van der Waals surface area contributed by atoms with Crippen molar-refractivity contribution in [3.8, 4) is 11.5 Å². The van der Waals surface area contributed by atoms with Crippen LogP contribution in [-0.2, 0) is 17.1 Å². The molecular formula is C24H22F6N2O4. The van der Waals surface area contributed by atoms with Crippen LogP contribution in [0.5, 0.6) is 11.5 Å². The molecule has 2 atom stereocenters. The third-order valence-corrected chi connectivity index (χ3v) is 6.27.